The molecule has 112 valence electrons. The highest BCUT2D eigenvalue weighted by Crippen LogP contribution is 2.15. The Morgan fingerprint density at radius 1 is 1.00 bits per heavy atom. The number of phenols is 1. The van der Waals surface area contributed by atoms with Gasteiger partial charge in [-0.25, -0.2) is 0 Å². The number of aromatic hydroxyl groups is 1. The van der Waals surface area contributed by atoms with Crippen molar-refractivity contribution in [3.8, 4) is 5.75 Å². The van der Waals surface area contributed by atoms with Crippen molar-refractivity contribution in [2.75, 3.05) is 6.26 Å². The summed E-state index contributed by atoms with van der Waals surface area (Å²) in [6.45, 7) is 3.13. The van der Waals surface area contributed by atoms with Crippen LogP contribution in [-0.4, -0.2) is 17.4 Å². The zero-order chi connectivity index (χ0) is 15.1. The van der Waals surface area contributed by atoms with E-state index in [4.69, 9.17) is 0 Å². The van der Waals surface area contributed by atoms with Gasteiger partial charge in [-0.05, 0) is 61.4 Å². The van der Waals surface area contributed by atoms with E-state index in [-0.39, 0.29) is 0 Å². The largest absolute Gasteiger partial charge is 0.508 e. The minimum absolute atomic E-state index is 0.332. The summed E-state index contributed by atoms with van der Waals surface area (Å²) < 4.78 is 0. The highest BCUT2D eigenvalue weighted by molar-refractivity contribution is 7.98. The number of thioether (sulfide) groups is 1. The molecule has 0 saturated carbocycles. The van der Waals surface area contributed by atoms with Crippen LogP contribution in [0.4, 0.5) is 0 Å². The molecule has 2 N–H and O–H groups in total. The fourth-order valence-corrected chi connectivity index (χ4v) is 2.59. The van der Waals surface area contributed by atoms with Crippen molar-refractivity contribution >= 4 is 11.8 Å². The van der Waals surface area contributed by atoms with Gasteiger partial charge in [0.05, 0.1) is 0 Å². The van der Waals surface area contributed by atoms with Crippen molar-refractivity contribution in [1.29, 1.82) is 0 Å². The van der Waals surface area contributed by atoms with E-state index in [1.807, 2.05) is 12.1 Å². The third-order valence-electron chi connectivity index (χ3n) is 3.62. The van der Waals surface area contributed by atoms with E-state index in [1.54, 1.807) is 23.9 Å². The maximum absolute atomic E-state index is 9.27. The van der Waals surface area contributed by atoms with E-state index in [9.17, 15) is 5.11 Å². The Hall–Kier alpha value is -1.45. The monoisotopic (exact) mass is 301 g/mol. The minimum Gasteiger partial charge on any atom is -0.508 e. The van der Waals surface area contributed by atoms with Crippen LogP contribution in [0.5, 0.6) is 5.75 Å². The van der Waals surface area contributed by atoms with E-state index in [1.165, 1.54) is 16.0 Å². The summed E-state index contributed by atoms with van der Waals surface area (Å²) in [7, 11) is 0. The van der Waals surface area contributed by atoms with Crippen molar-refractivity contribution in [3.05, 3.63) is 59.7 Å². The number of benzene rings is 2. The molecule has 2 aromatic carbocycles. The first-order chi connectivity index (χ1) is 10.2. The minimum atomic E-state index is 0.332. The van der Waals surface area contributed by atoms with Crippen LogP contribution in [0.15, 0.2) is 53.4 Å². The van der Waals surface area contributed by atoms with Gasteiger partial charge in [0, 0.05) is 17.5 Å². The Morgan fingerprint density at radius 3 is 2.24 bits per heavy atom. The Bertz CT molecular complexity index is 536. The molecule has 0 aliphatic heterocycles. The lowest BCUT2D eigenvalue weighted by molar-refractivity contribution is 0.474. The van der Waals surface area contributed by atoms with Crippen molar-refractivity contribution < 1.29 is 5.11 Å². The summed E-state index contributed by atoms with van der Waals surface area (Å²) in [5, 5.41) is 12.8. The zero-order valence-corrected chi connectivity index (χ0v) is 13.5. The Morgan fingerprint density at radius 2 is 1.62 bits per heavy atom. The molecule has 1 unspecified atom stereocenters. The first-order valence-electron chi connectivity index (χ1n) is 7.31. The van der Waals surface area contributed by atoms with Gasteiger partial charge in [0.15, 0.2) is 0 Å². The lowest BCUT2D eigenvalue weighted by Crippen LogP contribution is -2.25. The van der Waals surface area contributed by atoms with Crippen LogP contribution in [0.2, 0.25) is 0 Å². The zero-order valence-electron chi connectivity index (χ0n) is 12.7. The maximum Gasteiger partial charge on any atom is 0.115 e. The van der Waals surface area contributed by atoms with Gasteiger partial charge in [0.25, 0.3) is 0 Å². The van der Waals surface area contributed by atoms with Crippen LogP contribution in [0, 0.1) is 0 Å². The topological polar surface area (TPSA) is 32.3 Å². The summed E-state index contributed by atoms with van der Waals surface area (Å²) in [6.07, 6.45) is 4.21. The highest BCUT2D eigenvalue weighted by Gasteiger charge is 2.03. The lowest BCUT2D eigenvalue weighted by atomic mass is 10.1. The number of hydrogen-bond acceptors (Lipinski definition) is 3. The van der Waals surface area contributed by atoms with Gasteiger partial charge in [0.1, 0.15) is 5.75 Å². The molecule has 21 heavy (non-hydrogen) atoms. The Labute approximate surface area is 131 Å². The maximum atomic E-state index is 9.27. The van der Waals surface area contributed by atoms with Gasteiger partial charge in [0.2, 0.25) is 0 Å². The third-order valence-corrected chi connectivity index (χ3v) is 4.36. The van der Waals surface area contributed by atoms with Gasteiger partial charge in [-0.1, -0.05) is 24.3 Å². The summed E-state index contributed by atoms with van der Waals surface area (Å²) in [5.41, 5.74) is 2.59. The second-order valence-corrected chi connectivity index (χ2v) is 6.21. The molecule has 0 aliphatic carbocycles. The summed E-state index contributed by atoms with van der Waals surface area (Å²) in [5.74, 6) is 0.332. The molecule has 0 saturated heterocycles. The normalized spacial score (nSPS) is 12.3. The van der Waals surface area contributed by atoms with Gasteiger partial charge in [-0.3, -0.25) is 0 Å². The number of aryl methyl sites for hydroxylation is 1. The lowest BCUT2D eigenvalue weighted by Gasteiger charge is -2.14. The molecule has 2 nitrogen and oxygen atoms in total. The van der Waals surface area contributed by atoms with Crippen LogP contribution in [0.25, 0.3) is 0 Å². The Balaban J connectivity index is 1.73. The van der Waals surface area contributed by atoms with Crippen LogP contribution in [0.1, 0.15) is 24.5 Å². The van der Waals surface area contributed by atoms with Crippen molar-refractivity contribution in [3.63, 3.8) is 0 Å². The highest BCUT2D eigenvalue weighted by atomic mass is 32.2. The molecule has 0 radical (unpaired) electrons. The quantitative estimate of drug-likeness (QED) is 0.751. The SMILES string of the molecule is CSc1ccc(CNC(C)CCc2ccc(O)cc2)cc1. The first kappa shape index (κ1) is 15.9. The van der Waals surface area contributed by atoms with E-state index in [2.05, 4.69) is 42.8 Å². The van der Waals surface area contributed by atoms with E-state index < -0.39 is 0 Å². The molecule has 0 spiro atoms. The molecule has 2 aromatic rings. The molecular formula is C18H23NOS. The second kappa shape index (κ2) is 8.11. The van der Waals surface area contributed by atoms with Crippen LogP contribution < -0.4 is 5.32 Å². The molecule has 0 amide bonds. The molecule has 0 fully saturated rings. The fourth-order valence-electron chi connectivity index (χ4n) is 2.18. The molecule has 2 rings (SSSR count). The summed E-state index contributed by atoms with van der Waals surface area (Å²) in [4.78, 5) is 1.30. The predicted octanol–water partition coefficient (Wildman–Crippen LogP) is 4.23. The molecule has 0 aromatic heterocycles. The number of nitrogens with one attached hydrogen (secondary N) is 1. The van der Waals surface area contributed by atoms with Crippen molar-refractivity contribution in [2.24, 2.45) is 0 Å². The third kappa shape index (κ3) is 5.44. The number of rotatable bonds is 7. The molecule has 3 heteroatoms. The van der Waals surface area contributed by atoms with E-state index in [0.717, 1.165) is 19.4 Å². The van der Waals surface area contributed by atoms with Crippen LogP contribution in [0.3, 0.4) is 0 Å². The molecule has 1 atom stereocenters. The van der Waals surface area contributed by atoms with E-state index >= 15 is 0 Å². The van der Waals surface area contributed by atoms with E-state index in [0.29, 0.717) is 11.8 Å². The Kier molecular flexibility index (Phi) is 6.15. The van der Waals surface area contributed by atoms with Crippen molar-refractivity contribution in [1.82, 2.24) is 5.32 Å². The smallest absolute Gasteiger partial charge is 0.115 e. The molecule has 0 heterocycles. The van der Waals surface area contributed by atoms with Crippen molar-refractivity contribution in [2.45, 2.75) is 37.2 Å². The fraction of sp³-hybridized carbons (Fsp3) is 0.333. The molecule has 0 bridgehead atoms. The first-order valence-corrected chi connectivity index (χ1v) is 8.54. The summed E-state index contributed by atoms with van der Waals surface area (Å²) >= 11 is 1.77. The standard InChI is InChI=1S/C18H23NOS/c1-14(3-4-15-5-9-17(20)10-6-15)19-13-16-7-11-18(21-2)12-8-16/h5-12,14,19-20H,3-4,13H2,1-2H3. The average molecular weight is 301 g/mol. The van der Waals surface area contributed by atoms with Gasteiger partial charge >= 0.3 is 0 Å². The average Bonchev–Trinajstić information content (AvgIpc) is 2.53. The summed E-state index contributed by atoms with van der Waals surface area (Å²) in [6, 6.07) is 16.7. The number of phenolic OH excluding ortho intramolecular Hbond substituents is 1. The second-order valence-electron chi connectivity index (χ2n) is 5.34. The van der Waals surface area contributed by atoms with Crippen LogP contribution in [-0.2, 0) is 13.0 Å². The predicted molar refractivity (Wildman–Crippen MR) is 91.0 cm³/mol. The molecular weight excluding hydrogens is 278 g/mol. The van der Waals surface area contributed by atoms with Gasteiger partial charge in [-0.15, -0.1) is 11.8 Å². The molecule has 0 aliphatic rings. The van der Waals surface area contributed by atoms with Gasteiger partial charge < -0.3 is 10.4 Å². The van der Waals surface area contributed by atoms with Gasteiger partial charge in [-0.2, -0.15) is 0 Å². The number of hydrogen-bond donors (Lipinski definition) is 2. The van der Waals surface area contributed by atoms with Crippen LogP contribution >= 0.6 is 11.8 Å².